The van der Waals surface area contributed by atoms with Crippen molar-refractivity contribution in [3.8, 4) is 5.69 Å². The topological polar surface area (TPSA) is 22.0 Å². The predicted octanol–water partition coefficient (Wildman–Crippen LogP) is 3.72. The first kappa shape index (κ1) is 14.3. The van der Waals surface area contributed by atoms with E-state index in [4.69, 9.17) is 0 Å². The van der Waals surface area contributed by atoms with Crippen LogP contribution in [0.4, 0.5) is 17.6 Å². The number of aromatic nitrogens is 1. The molecule has 0 N–H and O–H groups in total. The van der Waals surface area contributed by atoms with Crippen LogP contribution in [-0.4, -0.2) is 10.7 Å². The van der Waals surface area contributed by atoms with Crippen molar-refractivity contribution >= 4 is 0 Å². The van der Waals surface area contributed by atoms with Crippen LogP contribution in [0.5, 0.6) is 0 Å². The van der Waals surface area contributed by atoms with Gasteiger partial charge in [-0.05, 0) is 30.2 Å². The van der Waals surface area contributed by atoms with Crippen LogP contribution in [0.1, 0.15) is 17.3 Å². The van der Waals surface area contributed by atoms with Gasteiger partial charge in [-0.15, -0.1) is 0 Å². The Morgan fingerprint density at radius 2 is 1.65 bits per heavy atom. The van der Waals surface area contributed by atoms with Gasteiger partial charge in [-0.1, -0.05) is 18.2 Å². The van der Waals surface area contributed by atoms with E-state index in [1.807, 2.05) is 0 Å². The molecule has 1 atom stereocenters. The van der Waals surface area contributed by atoms with E-state index >= 15 is 0 Å². The van der Waals surface area contributed by atoms with E-state index in [0.717, 1.165) is 17.7 Å². The minimum atomic E-state index is -4.93. The van der Waals surface area contributed by atoms with E-state index < -0.39 is 17.9 Å². The summed E-state index contributed by atoms with van der Waals surface area (Å²) in [5.74, 6) is 0. The zero-order valence-electron chi connectivity index (χ0n) is 10.5. The summed E-state index contributed by atoms with van der Waals surface area (Å²) >= 11 is 0. The minimum Gasteiger partial charge on any atom is -0.284 e. The fourth-order valence-corrected chi connectivity index (χ4v) is 1.79. The molecular weight excluding hydrogens is 274 g/mol. The van der Waals surface area contributed by atoms with Crippen LogP contribution in [-0.2, 0) is 0 Å². The average Bonchev–Trinajstić information content (AvgIpc) is 2.40. The molecule has 6 heteroatoms. The van der Waals surface area contributed by atoms with Gasteiger partial charge in [-0.2, -0.15) is 13.2 Å². The fraction of sp³-hybridized carbons (Fsp3) is 0.214. The van der Waals surface area contributed by atoms with Gasteiger partial charge in [0.2, 0.25) is 6.17 Å². The third kappa shape index (κ3) is 2.89. The molecule has 0 spiro atoms. The molecule has 0 bridgehead atoms. The quantitative estimate of drug-likeness (QED) is 0.771. The highest BCUT2D eigenvalue weighted by atomic mass is 19.4. The van der Waals surface area contributed by atoms with E-state index in [0.29, 0.717) is 5.69 Å². The van der Waals surface area contributed by atoms with Crippen molar-refractivity contribution in [2.24, 2.45) is 0 Å². The molecule has 0 aliphatic carbocycles. The van der Waals surface area contributed by atoms with Crippen LogP contribution in [0.2, 0.25) is 0 Å². The predicted molar refractivity (Wildman–Crippen MR) is 66.7 cm³/mol. The Kier molecular flexibility index (Phi) is 3.65. The number of alkyl halides is 4. The van der Waals surface area contributed by atoms with Crippen molar-refractivity contribution in [2.75, 3.05) is 0 Å². The number of rotatable bonds is 2. The molecule has 2 nitrogen and oxygen atoms in total. The lowest BCUT2D eigenvalue weighted by atomic mass is 10.1. The molecule has 0 fully saturated rings. The second-order valence-electron chi connectivity index (χ2n) is 4.41. The van der Waals surface area contributed by atoms with E-state index in [2.05, 4.69) is 0 Å². The van der Waals surface area contributed by atoms with Gasteiger partial charge < -0.3 is 0 Å². The zero-order chi connectivity index (χ0) is 14.9. The van der Waals surface area contributed by atoms with Crippen molar-refractivity contribution in [2.45, 2.75) is 19.3 Å². The van der Waals surface area contributed by atoms with Gasteiger partial charge in [0.05, 0.1) is 0 Å². The Hall–Kier alpha value is -2.11. The first-order valence-electron chi connectivity index (χ1n) is 5.79. The van der Waals surface area contributed by atoms with Gasteiger partial charge in [-0.25, -0.2) is 4.39 Å². The van der Waals surface area contributed by atoms with Crippen molar-refractivity contribution < 1.29 is 17.6 Å². The second kappa shape index (κ2) is 5.11. The van der Waals surface area contributed by atoms with Crippen molar-refractivity contribution in [1.82, 2.24) is 4.57 Å². The molecule has 0 amide bonds. The number of nitrogens with zero attached hydrogens (tertiary/aromatic N) is 1. The van der Waals surface area contributed by atoms with Crippen LogP contribution >= 0.6 is 0 Å². The molecule has 1 aromatic carbocycles. The van der Waals surface area contributed by atoms with Gasteiger partial charge in [-0.3, -0.25) is 9.36 Å². The molecule has 106 valence electrons. The number of aryl methyl sites for hydroxylation is 1. The highest BCUT2D eigenvalue weighted by molar-refractivity contribution is 5.36. The number of hydrogen-bond donors (Lipinski definition) is 0. The first-order chi connectivity index (χ1) is 9.29. The van der Waals surface area contributed by atoms with E-state index in [1.54, 1.807) is 19.2 Å². The SMILES string of the molecule is Cc1ccc(=O)n(-c2ccc(C(F)C(F)(F)F)cc2)c1. The summed E-state index contributed by atoms with van der Waals surface area (Å²) in [7, 11) is 0. The standard InChI is InChI=1S/C14H11F4NO/c1-9-2-7-12(20)19(8-9)11-5-3-10(4-6-11)13(15)14(16,17)18/h2-8,13H,1H3. The van der Waals surface area contributed by atoms with E-state index in [-0.39, 0.29) is 5.56 Å². The molecule has 1 heterocycles. The molecule has 0 saturated carbocycles. The lowest BCUT2D eigenvalue weighted by Gasteiger charge is -2.13. The van der Waals surface area contributed by atoms with E-state index in [1.165, 1.54) is 22.8 Å². The summed E-state index contributed by atoms with van der Waals surface area (Å²) in [5, 5.41) is 0. The Balaban J connectivity index is 2.38. The molecule has 0 aliphatic rings. The third-order valence-electron chi connectivity index (χ3n) is 2.81. The summed E-state index contributed by atoms with van der Waals surface area (Å²) in [4.78, 5) is 11.7. The highest BCUT2D eigenvalue weighted by Gasteiger charge is 2.41. The van der Waals surface area contributed by atoms with Gasteiger partial charge in [0.1, 0.15) is 0 Å². The van der Waals surface area contributed by atoms with E-state index in [9.17, 15) is 22.4 Å². The Bertz CT molecular complexity index is 658. The molecule has 1 aromatic heterocycles. The average molecular weight is 285 g/mol. The normalized spacial score (nSPS) is 13.2. The smallest absolute Gasteiger partial charge is 0.284 e. The number of hydrogen-bond acceptors (Lipinski definition) is 1. The molecule has 0 saturated heterocycles. The Morgan fingerprint density at radius 1 is 1.05 bits per heavy atom. The van der Waals surface area contributed by atoms with Crippen molar-refractivity contribution in [3.63, 3.8) is 0 Å². The Labute approximate surface area is 112 Å². The second-order valence-corrected chi connectivity index (χ2v) is 4.41. The highest BCUT2D eigenvalue weighted by Crippen LogP contribution is 2.35. The maximum absolute atomic E-state index is 13.1. The summed E-state index contributed by atoms with van der Waals surface area (Å²) in [6.45, 7) is 1.78. The van der Waals surface area contributed by atoms with Crippen molar-refractivity contribution in [1.29, 1.82) is 0 Å². The van der Waals surface area contributed by atoms with Crippen LogP contribution in [0.3, 0.4) is 0 Å². The molecule has 20 heavy (non-hydrogen) atoms. The van der Waals surface area contributed by atoms with Gasteiger partial charge >= 0.3 is 6.18 Å². The largest absolute Gasteiger partial charge is 0.423 e. The molecule has 0 aliphatic heterocycles. The third-order valence-corrected chi connectivity index (χ3v) is 2.81. The van der Waals surface area contributed by atoms with Crippen LogP contribution in [0, 0.1) is 6.92 Å². The zero-order valence-corrected chi connectivity index (χ0v) is 10.5. The number of benzene rings is 1. The van der Waals surface area contributed by atoms with Gasteiger partial charge in [0, 0.05) is 18.0 Å². The Morgan fingerprint density at radius 3 is 2.20 bits per heavy atom. The molecule has 0 radical (unpaired) electrons. The number of halogens is 4. The number of pyridine rings is 1. The van der Waals surface area contributed by atoms with Crippen molar-refractivity contribution in [3.05, 3.63) is 64.1 Å². The van der Waals surface area contributed by atoms with Gasteiger partial charge in [0.25, 0.3) is 5.56 Å². The molecule has 1 unspecified atom stereocenters. The van der Waals surface area contributed by atoms with Crippen LogP contribution in [0.25, 0.3) is 5.69 Å². The minimum absolute atomic E-state index is 0.309. The summed E-state index contributed by atoms with van der Waals surface area (Å²) in [6.07, 6.45) is -6.39. The monoisotopic (exact) mass is 285 g/mol. The van der Waals surface area contributed by atoms with Crippen LogP contribution in [0.15, 0.2) is 47.4 Å². The molecule has 2 aromatic rings. The summed E-state index contributed by atoms with van der Waals surface area (Å²) in [6, 6.07) is 7.62. The fourth-order valence-electron chi connectivity index (χ4n) is 1.79. The maximum atomic E-state index is 13.1. The van der Waals surface area contributed by atoms with Gasteiger partial charge in [0.15, 0.2) is 0 Å². The first-order valence-corrected chi connectivity index (χ1v) is 5.79. The molecule has 2 rings (SSSR count). The maximum Gasteiger partial charge on any atom is 0.423 e. The summed E-state index contributed by atoms with van der Waals surface area (Å²) < 4.78 is 51.2. The lowest BCUT2D eigenvalue weighted by Crippen LogP contribution is -2.18. The van der Waals surface area contributed by atoms with Crippen LogP contribution < -0.4 is 5.56 Å². The molecular formula is C14H11F4NO. The summed E-state index contributed by atoms with van der Waals surface area (Å²) in [5.41, 5.74) is 0.419. The lowest BCUT2D eigenvalue weighted by molar-refractivity contribution is -0.182.